The standard InChI is InChI=1S/C22H25N5O3/c1-15-8-11-27(12-9-15)19-13-17(7-10-23-19)20-25-22(30-26-20)21(28)24-14-16-3-5-18(29-2)6-4-16/h3-7,10,13,15H,8-9,11-12,14H2,1-2H3,(H,24,28). The molecule has 1 N–H and O–H groups in total. The summed E-state index contributed by atoms with van der Waals surface area (Å²) in [5, 5.41) is 6.76. The number of ether oxygens (including phenoxy) is 1. The zero-order valence-electron chi connectivity index (χ0n) is 17.2. The van der Waals surface area contributed by atoms with E-state index in [0.717, 1.165) is 54.5 Å². The van der Waals surface area contributed by atoms with Crippen LogP contribution >= 0.6 is 0 Å². The first-order valence-electron chi connectivity index (χ1n) is 10.1. The molecule has 1 aliphatic heterocycles. The summed E-state index contributed by atoms with van der Waals surface area (Å²) in [6, 6.07) is 11.2. The molecule has 2 aromatic heterocycles. The number of benzene rings is 1. The molecular weight excluding hydrogens is 382 g/mol. The van der Waals surface area contributed by atoms with Crippen LogP contribution in [-0.2, 0) is 6.54 Å². The monoisotopic (exact) mass is 407 g/mol. The minimum atomic E-state index is -0.413. The third-order valence-electron chi connectivity index (χ3n) is 5.34. The van der Waals surface area contributed by atoms with Gasteiger partial charge in [-0.2, -0.15) is 4.98 Å². The highest BCUT2D eigenvalue weighted by Crippen LogP contribution is 2.25. The minimum absolute atomic E-state index is 0.0660. The molecule has 8 heteroatoms. The number of carbonyl (C=O) groups excluding carboxylic acids is 1. The summed E-state index contributed by atoms with van der Waals surface area (Å²) < 4.78 is 10.3. The molecule has 8 nitrogen and oxygen atoms in total. The highest BCUT2D eigenvalue weighted by Gasteiger charge is 2.19. The Balaban J connectivity index is 1.40. The lowest BCUT2D eigenvalue weighted by molar-refractivity contribution is 0.0907. The molecule has 1 fully saturated rings. The fourth-order valence-corrected chi connectivity index (χ4v) is 3.40. The summed E-state index contributed by atoms with van der Waals surface area (Å²) in [6.07, 6.45) is 4.06. The Bertz CT molecular complexity index is 994. The summed E-state index contributed by atoms with van der Waals surface area (Å²) in [7, 11) is 1.61. The van der Waals surface area contributed by atoms with E-state index in [1.807, 2.05) is 36.4 Å². The van der Waals surface area contributed by atoms with Crippen molar-refractivity contribution in [3.63, 3.8) is 0 Å². The third kappa shape index (κ3) is 4.59. The lowest BCUT2D eigenvalue weighted by Crippen LogP contribution is -2.33. The summed E-state index contributed by atoms with van der Waals surface area (Å²) in [4.78, 5) is 23.4. The molecule has 0 spiro atoms. The highest BCUT2D eigenvalue weighted by atomic mass is 16.5. The number of piperidine rings is 1. The van der Waals surface area contributed by atoms with Gasteiger partial charge in [0, 0.05) is 31.4 Å². The number of hydrogen-bond acceptors (Lipinski definition) is 7. The number of amides is 1. The number of carbonyl (C=O) groups is 1. The minimum Gasteiger partial charge on any atom is -0.497 e. The SMILES string of the molecule is COc1ccc(CNC(=O)c2nc(-c3ccnc(N4CCC(C)CC4)c3)no2)cc1. The number of rotatable bonds is 6. The molecular formula is C22H25N5O3. The number of hydrogen-bond donors (Lipinski definition) is 1. The van der Waals surface area contributed by atoms with Crippen molar-refractivity contribution in [2.24, 2.45) is 5.92 Å². The highest BCUT2D eigenvalue weighted by molar-refractivity contribution is 5.89. The van der Waals surface area contributed by atoms with Crippen LogP contribution in [0.5, 0.6) is 5.75 Å². The largest absolute Gasteiger partial charge is 0.497 e. The Morgan fingerprint density at radius 1 is 1.23 bits per heavy atom. The maximum Gasteiger partial charge on any atom is 0.316 e. The van der Waals surface area contributed by atoms with Gasteiger partial charge in [0.1, 0.15) is 11.6 Å². The average Bonchev–Trinajstić information content (AvgIpc) is 3.29. The van der Waals surface area contributed by atoms with Crippen molar-refractivity contribution in [3.05, 3.63) is 54.0 Å². The van der Waals surface area contributed by atoms with Gasteiger partial charge in [-0.1, -0.05) is 24.2 Å². The molecule has 30 heavy (non-hydrogen) atoms. The maximum absolute atomic E-state index is 12.4. The van der Waals surface area contributed by atoms with Crippen molar-refractivity contribution in [3.8, 4) is 17.1 Å². The third-order valence-corrected chi connectivity index (χ3v) is 5.34. The van der Waals surface area contributed by atoms with Gasteiger partial charge in [0.15, 0.2) is 0 Å². The molecule has 0 atom stereocenters. The van der Waals surface area contributed by atoms with Crippen molar-refractivity contribution in [1.29, 1.82) is 0 Å². The second kappa shape index (κ2) is 8.94. The molecule has 3 heterocycles. The molecule has 3 aromatic rings. The van der Waals surface area contributed by atoms with E-state index >= 15 is 0 Å². The van der Waals surface area contributed by atoms with Crippen molar-refractivity contribution in [1.82, 2.24) is 20.4 Å². The zero-order valence-corrected chi connectivity index (χ0v) is 17.2. The van der Waals surface area contributed by atoms with Crippen LogP contribution in [0.15, 0.2) is 47.1 Å². The van der Waals surface area contributed by atoms with Gasteiger partial charge >= 0.3 is 11.8 Å². The zero-order chi connectivity index (χ0) is 20.9. The van der Waals surface area contributed by atoms with Gasteiger partial charge in [-0.15, -0.1) is 0 Å². The Morgan fingerprint density at radius 3 is 2.73 bits per heavy atom. The number of pyridine rings is 1. The van der Waals surface area contributed by atoms with E-state index < -0.39 is 5.91 Å². The predicted octanol–water partition coefficient (Wildman–Crippen LogP) is 3.31. The summed E-state index contributed by atoms with van der Waals surface area (Å²) in [5.74, 6) is 2.31. The Hall–Kier alpha value is -3.42. The molecule has 1 saturated heterocycles. The first kappa shape index (κ1) is 19.9. The lowest BCUT2D eigenvalue weighted by atomic mass is 9.99. The molecule has 1 amide bonds. The molecule has 0 unspecified atom stereocenters. The van der Waals surface area contributed by atoms with Gasteiger partial charge in [0.05, 0.1) is 7.11 Å². The van der Waals surface area contributed by atoms with E-state index in [2.05, 4.69) is 32.3 Å². The van der Waals surface area contributed by atoms with E-state index in [9.17, 15) is 4.79 Å². The van der Waals surface area contributed by atoms with E-state index in [4.69, 9.17) is 9.26 Å². The second-order valence-corrected chi connectivity index (χ2v) is 7.53. The number of aromatic nitrogens is 3. The van der Waals surface area contributed by atoms with Gasteiger partial charge in [0.25, 0.3) is 0 Å². The van der Waals surface area contributed by atoms with Gasteiger partial charge in [-0.05, 0) is 48.6 Å². The van der Waals surface area contributed by atoms with Crippen molar-refractivity contribution in [2.75, 3.05) is 25.1 Å². The predicted molar refractivity (Wildman–Crippen MR) is 112 cm³/mol. The Labute approximate surface area is 175 Å². The van der Waals surface area contributed by atoms with Gasteiger partial charge in [0.2, 0.25) is 5.82 Å². The van der Waals surface area contributed by atoms with Crippen LogP contribution in [0.1, 0.15) is 36.0 Å². The molecule has 0 saturated carbocycles. The summed E-state index contributed by atoms with van der Waals surface area (Å²) in [6.45, 7) is 4.61. The van der Waals surface area contributed by atoms with Crippen LogP contribution in [0, 0.1) is 5.92 Å². The maximum atomic E-state index is 12.4. The normalized spacial score (nSPS) is 14.5. The van der Waals surface area contributed by atoms with Crippen LogP contribution < -0.4 is 15.0 Å². The summed E-state index contributed by atoms with van der Waals surface area (Å²) in [5.41, 5.74) is 1.72. The first-order chi connectivity index (χ1) is 14.6. The average molecular weight is 407 g/mol. The first-order valence-corrected chi connectivity index (χ1v) is 10.1. The Morgan fingerprint density at radius 2 is 2.00 bits per heavy atom. The molecule has 0 aliphatic carbocycles. The second-order valence-electron chi connectivity index (χ2n) is 7.53. The number of anilines is 1. The smallest absolute Gasteiger partial charge is 0.316 e. The van der Waals surface area contributed by atoms with Gasteiger partial charge in [-0.25, -0.2) is 4.98 Å². The molecule has 1 aromatic carbocycles. The number of nitrogens with one attached hydrogen (secondary N) is 1. The number of methoxy groups -OCH3 is 1. The molecule has 1 aliphatic rings. The Kier molecular flexibility index (Phi) is 5.92. The van der Waals surface area contributed by atoms with Crippen LogP contribution in [0.3, 0.4) is 0 Å². The molecule has 0 bridgehead atoms. The van der Waals surface area contributed by atoms with Crippen LogP contribution in [0.2, 0.25) is 0 Å². The van der Waals surface area contributed by atoms with Crippen LogP contribution in [-0.4, -0.2) is 41.2 Å². The van der Waals surface area contributed by atoms with Gasteiger partial charge in [-0.3, -0.25) is 4.79 Å². The van der Waals surface area contributed by atoms with Crippen molar-refractivity contribution >= 4 is 11.7 Å². The van der Waals surface area contributed by atoms with Crippen molar-refractivity contribution in [2.45, 2.75) is 26.3 Å². The van der Waals surface area contributed by atoms with Crippen molar-refractivity contribution < 1.29 is 14.1 Å². The van der Waals surface area contributed by atoms with E-state index in [-0.39, 0.29) is 5.89 Å². The van der Waals surface area contributed by atoms with E-state index in [1.165, 1.54) is 0 Å². The number of nitrogens with zero attached hydrogens (tertiary/aromatic N) is 4. The molecule has 4 rings (SSSR count). The van der Waals surface area contributed by atoms with E-state index in [0.29, 0.717) is 12.4 Å². The quantitative estimate of drug-likeness (QED) is 0.670. The van der Waals surface area contributed by atoms with E-state index in [1.54, 1.807) is 13.3 Å². The molecule has 156 valence electrons. The van der Waals surface area contributed by atoms with Gasteiger partial charge < -0.3 is 19.5 Å². The fourth-order valence-electron chi connectivity index (χ4n) is 3.40. The lowest BCUT2D eigenvalue weighted by Gasteiger charge is -2.31. The molecule has 0 radical (unpaired) electrons. The van der Waals surface area contributed by atoms with Crippen LogP contribution in [0.4, 0.5) is 5.82 Å². The fraction of sp³-hybridized carbons (Fsp3) is 0.364. The topological polar surface area (TPSA) is 93.4 Å². The van der Waals surface area contributed by atoms with Crippen LogP contribution in [0.25, 0.3) is 11.4 Å². The summed E-state index contributed by atoms with van der Waals surface area (Å²) >= 11 is 0.